The van der Waals surface area contributed by atoms with E-state index >= 15 is 0 Å². The summed E-state index contributed by atoms with van der Waals surface area (Å²) >= 11 is 9.01. The zero-order chi connectivity index (χ0) is 13.8. The summed E-state index contributed by atoms with van der Waals surface area (Å²) in [5, 5.41) is 2.98. The summed E-state index contributed by atoms with van der Waals surface area (Å²) in [4.78, 5) is 12.1. The summed E-state index contributed by atoms with van der Waals surface area (Å²) in [6.45, 7) is 0. The van der Waals surface area contributed by atoms with Gasteiger partial charge in [-0.1, -0.05) is 12.8 Å². The van der Waals surface area contributed by atoms with E-state index in [1.54, 1.807) is 12.1 Å². The van der Waals surface area contributed by atoms with Gasteiger partial charge in [0.2, 0.25) is 0 Å². The highest BCUT2D eigenvalue weighted by molar-refractivity contribution is 9.10. The van der Waals surface area contributed by atoms with E-state index in [-0.39, 0.29) is 11.9 Å². The second kappa shape index (κ2) is 6.71. The Hall–Kier alpha value is -0.610. The maximum Gasteiger partial charge on any atom is 0.251 e. The van der Waals surface area contributed by atoms with Crippen molar-refractivity contribution in [2.75, 3.05) is 5.88 Å². The molecule has 0 bridgehead atoms. The number of hydrogen-bond donors (Lipinski definition) is 1. The Morgan fingerprint density at radius 1 is 1.42 bits per heavy atom. The fourth-order valence-electron chi connectivity index (χ4n) is 2.47. The van der Waals surface area contributed by atoms with E-state index in [9.17, 15) is 9.18 Å². The first-order chi connectivity index (χ1) is 9.11. The Morgan fingerprint density at radius 3 is 2.84 bits per heavy atom. The van der Waals surface area contributed by atoms with Gasteiger partial charge in [0.15, 0.2) is 0 Å². The summed E-state index contributed by atoms with van der Waals surface area (Å²) < 4.78 is 13.8. The molecule has 19 heavy (non-hydrogen) atoms. The first-order valence-corrected chi connectivity index (χ1v) is 7.76. The molecule has 5 heteroatoms. The van der Waals surface area contributed by atoms with Gasteiger partial charge in [-0.2, -0.15) is 0 Å². The molecular formula is C14H16BrClFNO. The van der Waals surface area contributed by atoms with Crippen molar-refractivity contribution in [3.8, 4) is 0 Å². The minimum Gasteiger partial charge on any atom is -0.349 e. The van der Waals surface area contributed by atoms with E-state index in [1.807, 2.05) is 0 Å². The normalized spacial score (nSPS) is 23.1. The number of benzene rings is 1. The van der Waals surface area contributed by atoms with Gasteiger partial charge in [0.05, 0.1) is 4.47 Å². The molecule has 1 aromatic carbocycles. The molecular weight excluding hydrogens is 333 g/mol. The lowest BCUT2D eigenvalue weighted by atomic mass is 9.85. The lowest BCUT2D eigenvalue weighted by Crippen LogP contribution is -2.42. The third kappa shape index (κ3) is 3.69. The number of halogens is 3. The molecule has 1 aliphatic carbocycles. The van der Waals surface area contributed by atoms with Gasteiger partial charge in [-0.15, -0.1) is 11.6 Å². The number of carbonyl (C=O) groups excluding carboxylic acids is 1. The van der Waals surface area contributed by atoms with Gasteiger partial charge >= 0.3 is 0 Å². The van der Waals surface area contributed by atoms with Crippen molar-refractivity contribution in [3.63, 3.8) is 0 Å². The Morgan fingerprint density at radius 2 is 2.16 bits per heavy atom. The van der Waals surface area contributed by atoms with Crippen molar-refractivity contribution in [1.29, 1.82) is 0 Å². The number of carbonyl (C=O) groups is 1. The van der Waals surface area contributed by atoms with Crippen LogP contribution >= 0.6 is 27.5 Å². The molecule has 1 saturated carbocycles. The smallest absolute Gasteiger partial charge is 0.251 e. The summed E-state index contributed by atoms with van der Waals surface area (Å²) in [5.74, 6) is 0.220. The number of alkyl halides is 1. The van der Waals surface area contributed by atoms with Gasteiger partial charge in [0.25, 0.3) is 5.91 Å². The molecule has 0 spiro atoms. The summed E-state index contributed by atoms with van der Waals surface area (Å²) in [5.41, 5.74) is 0.347. The van der Waals surface area contributed by atoms with Crippen molar-refractivity contribution < 1.29 is 9.18 Å². The second-order valence-corrected chi connectivity index (χ2v) is 6.07. The largest absolute Gasteiger partial charge is 0.349 e. The second-order valence-electron chi connectivity index (χ2n) is 4.91. The van der Waals surface area contributed by atoms with Crippen LogP contribution in [0.15, 0.2) is 22.7 Å². The zero-order valence-corrected chi connectivity index (χ0v) is 12.8. The maximum absolute atomic E-state index is 13.4. The molecule has 1 aliphatic rings. The average Bonchev–Trinajstić information content (AvgIpc) is 2.42. The molecule has 2 unspecified atom stereocenters. The Bertz CT molecular complexity index is 469. The molecule has 0 saturated heterocycles. The molecule has 1 N–H and O–H groups in total. The highest BCUT2D eigenvalue weighted by Gasteiger charge is 2.26. The first-order valence-electron chi connectivity index (χ1n) is 6.43. The monoisotopic (exact) mass is 347 g/mol. The Labute approximate surface area is 125 Å². The quantitative estimate of drug-likeness (QED) is 0.818. The van der Waals surface area contributed by atoms with Crippen LogP contribution in [0.5, 0.6) is 0 Å². The molecule has 1 aromatic rings. The number of nitrogens with one attached hydrogen (secondary N) is 1. The SMILES string of the molecule is O=C(NC1CCCCC1CCl)c1ccc(Br)c(F)c1. The van der Waals surface area contributed by atoms with Gasteiger partial charge < -0.3 is 5.32 Å². The minimum atomic E-state index is -0.426. The molecule has 2 rings (SSSR count). The lowest BCUT2D eigenvalue weighted by Gasteiger charge is -2.30. The van der Waals surface area contributed by atoms with Crippen LogP contribution in [0, 0.1) is 11.7 Å². The van der Waals surface area contributed by atoms with Gasteiger partial charge in [-0.25, -0.2) is 4.39 Å². The Balaban J connectivity index is 2.05. The van der Waals surface area contributed by atoms with Crippen molar-refractivity contribution in [1.82, 2.24) is 5.32 Å². The predicted octanol–water partition coefficient (Wildman–Crippen LogP) is 4.12. The van der Waals surface area contributed by atoms with E-state index in [0.717, 1.165) is 25.7 Å². The molecule has 1 amide bonds. The van der Waals surface area contributed by atoms with E-state index in [0.29, 0.717) is 21.8 Å². The van der Waals surface area contributed by atoms with E-state index in [2.05, 4.69) is 21.2 Å². The minimum absolute atomic E-state index is 0.102. The van der Waals surface area contributed by atoms with Gasteiger partial charge in [-0.3, -0.25) is 4.79 Å². The number of hydrogen-bond acceptors (Lipinski definition) is 1. The molecule has 104 valence electrons. The first kappa shape index (κ1) is 14.8. The van der Waals surface area contributed by atoms with E-state index in [4.69, 9.17) is 11.6 Å². The van der Waals surface area contributed by atoms with Crippen LogP contribution in [-0.4, -0.2) is 17.8 Å². The van der Waals surface area contributed by atoms with Crippen molar-refractivity contribution in [2.45, 2.75) is 31.7 Å². The Kier molecular flexibility index (Phi) is 5.22. The van der Waals surface area contributed by atoms with E-state index in [1.165, 1.54) is 6.07 Å². The van der Waals surface area contributed by atoms with Gasteiger partial charge in [0.1, 0.15) is 5.82 Å². The fourth-order valence-corrected chi connectivity index (χ4v) is 3.09. The van der Waals surface area contributed by atoms with Gasteiger partial charge in [-0.05, 0) is 52.9 Å². The standard InChI is InChI=1S/C14H16BrClFNO/c15-11-6-5-9(7-12(11)17)14(19)18-13-4-2-1-3-10(13)8-16/h5-7,10,13H,1-4,8H2,(H,18,19). The fraction of sp³-hybridized carbons (Fsp3) is 0.500. The van der Waals surface area contributed by atoms with E-state index < -0.39 is 5.82 Å². The zero-order valence-electron chi connectivity index (χ0n) is 10.5. The number of rotatable bonds is 3. The third-order valence-corrected chi connectivity index (χ3v) is 4.65. The van der Waals surface area contributed by atoms with Crippen molar-refractivity contribution >= 4 is 33.4 Å². The average molecular weight is 349 g/mol. The number of amides is 1. The highest BCUT2D eigenvalue weighted by atomic mass is 79.9. The summed E-state index contributed by atoms with van der Waals surface area (Å²) in [7, 11) is 0. The van der Waals surface area contributed by atoms with Gasteiger partial charge in [0, 0.05) is 17.5 Å². The predicted molar refractivity (Wildman–Crippen MR) is 78.0 cm³/mol. The van der Waals surface area contributed by atoms with Crippen LogP contribution in [0.4, 0.5) is 4.39 Å². The molecule has 0 heterocycles. The van der Waals surface area contributed by atoms with Crippen LogP contribution in [0.2, 0.25) is 0 Å². The van der Waals surface area contributed by atoms with Crippen molar-refractivity contribution in [3.05, 3.63) is 34.1 Å². The van der Waals surface area contributed by atoms with Crippen LogP contribution < -0.4 is 5.32 Å². The van der Waals surface area contributed by atoms with Crippen molar-refractivity contribution in [2.24, 2.45) is 5.92 Å². The lowest BCUT2D eigenvalue weighted by molar-refractivity contribution is 0.0910. The molecule has 2 nitrogen and oxygen atoms in total. The molecule has 0 radical (unpaired) electrons. The van der Waals surface area contributed by atoms with Crippen LogP contribution in [0.25, 0.3) is 0 Å². The summed E-state index contributed by atoms with van der Waals surface area (Å²) in [6.07, 6.45) is 4.26. The van der Waals surface area contributed by atoms with Crippen LogP contribution in [0.3, 0.4) is 0 Å². The molecule has 0 aliphatic heterocycles. The summed E-state index contributed by atoms with van der Waals surface area (Å²) in [6, 6.07) is 4.51. The molecule has 1 fully saturated rings. The topological polar surface area (TPSA) is 29.1 Å². The molecule has 2 atom stereocenters. The maximum atomic E-state index is 13.4. The van der Waals surface area contributed by atoms with Crippen LogP contribution in [-0.2, 0) is 0 Å². The highest BCUT2D eigenvalue weighted by Crippen LogP contribution is 2.26. The molecule has 0 aromatic heterocycles. The third-order valence-electron chi connectivity index (χ3n) is 3.61. The van der Waals surface area contributed by atoms with Crippen LogP contribution in [0.1, 0.15) is 36.0 Å².